The molecule has 0 saturated heterocycles. The van der Waals surface area contributed by atoms with Crippen molar-refractivity contribution in [3.8, 4) is 0 Å². The molecule has 10 heavy (non-hydrogen) atoms. The summed E-state index contributed by atoms with van der Waals surface area (Å²) in [7, 11) is 0. The lowest BCUT2D eigenvalue weighted by Gasteiger charge is -2.10. The molecule has 2 N–H and O–H groups in total. The van der Waals surface area contributed by atoms with Gasteiger partial charge in [0, 0.05) is 6.04 Å². The van der Waals surface area contributed by atoms with Crippen molar-refractivity contribution in [1.82, 2.24) is 10.9 Å². The largest absolute Gasteiger partial charge is 0.482 e. The van der Waals surface area contributed by atoms with Gasteiger partial charge in [-0.15, -0.1) is 0 Å². The number of allylic oxidation sites excluding steroid dienone is 1. The average molecular weight is 144 g/mol. The Balaban J connectivity index is 2.98. The van der Waals surface area contributed by atoms with Crippen LogP contribution in [0.3, 0.4) is 0 Å². The van der Waals surface area contributed by atoms with E-state index in [2.05, 4.69) is 17.4 Å². The van der Waals surface area contributed by atoms with E-state index in [-0.39, 0.29) is 0 Å². The maximum Gasteiger partial charge on any atom is 0.151 e. The second-order valence-electron chi connectivity index (χ2n) is 2.47. The van der Waals surface area contributed by atoms with Crippen LogP contribution in [0.1, 0.15) is 20.8 Å². The van der Waals surface area contributed by atoms with Crippen molar-refractivity contribution < 1.29 is 4.74 Å². The van der Waals surface area contributed by atoms with Gasteiger partial charge in [-0.2, -0.15) is 0 Å². The van der Waals surface area contributed by atoms with Gasteiger partial charge in [0.05, 0.1) is 5.76 Å². The number of hydrazine groups is 1. The molecular weight excluding hydrogens is 128 g/mol. The Hall–Kier alpha value is -0.540. The molecule has 0 aliphatic rings. The van der Waals surface area contributed by atoms with Crippen LogP contribution in [0.25, 0.3) is 0 Å². The number of hydrogen-bond donors (Lipinski definition) is 2. The van der Waals surface area contributed by atoms with Crippen LogP contribution in [-0.4, -0.2) is 12.8 Å². The molecular formula is C7H16N2O. The predicted molar refractivity (Wildman–Crippen MR) is 42.2 cm³/mol. The molecule has 3 heteroatoms. The van der Waals surface area contributed by atoms with Crippen LogP contribution in [0.5, 0.6) is 0 Å². The van der Waals surface area contributed by atoms with E-state index in [1.807, 2.05) is 20.8 Å². The van der Waals surface area contributed by atoms with Gasteiger partial charge in [-0.25, -0.2) is 5.43 Å². The molecule has 0 rings (SSSR count). The first-order valence-corrected chi connectivity index (χ1v) is 3.39. The third-order valence-electron chi connectivity index (χ3n) is 0.781. The molecule has 0 atom stereocenters. The lowest BCUT2D eigenvalue weighted by atomic mass is 10.4. The molecule has 0 aromatic rings. The second kappa shape index (κ2) is 5.26. The van der Waals surface area contributed by atoms with E-state index in [0.29, 0.717) is 12.8 Å². The molecule has 3 nitrogen and oxygen atoms in total. The highest BCUT2D eigenvalue weighted by molar-refractivity contribution is 4.72. The topological polar surface area (TPSA) is 33.3 Å². The second-order valence-corrected chi connectivity index (χ2v) is 2.47. The first-order chi connectivity index (χ1) is 4.63. The molecule has 0 bridgehead atoms. The van der Waals surface area contributed by atoms with Crippen molar-refractivity contribution in [2.24, 2.45) is 0 Å². The van der Waals surface area contributed by atoms with Gasteiger partial charge in [0.2, 0.25) is 0 Å². The summed E-state index contributed by atoms with van der Waals surface area (Å²) >= 11 is 0. The summed E-state index contributed by atoms with van der Waals surface area (Å²) in [5.41, 5.74) is 5.87. The van der Waals surface area contributed by atoms with Crippen molar-refractivity contribution in [2.45, 2.75) is 26.8 Å². The minimum atomic E-state index is 0.425. The molecule has 60 valence electrons. The van der Waals surface area contributed by atoms with Gasteiger partial charge in [-0.3, -0.25) is 5.43 Å². The van der Waals surface area contributed by atoms with Gasteiger partial charge in [-0.1, -0.05) is 6.58 Å². The van der Waals surface area contributed by atoms with Crippen molar-refractivity contribution >= 4 is 0 Å². The highest BCUT2D eigenvalue weighted by atomic mass is 16.5. The van der Waals surface area contributed by atoms with E-state index >= 15 is 0 Å². The Bertz CT molecular complexity index is 102. The van der Waals surface area contributed by atoms with E-state index in [4.69, 9.17) is 4.74 Å². The van der Waals surface area contributed by atoms with Gasteiger partial charge in [0.25, 0.3) is 0 Å². The third kappa shape index (κ3) is 7.46. The van der Waals surface area contributed by atoms with Crippen LogP contribution in [0.15, 0.2) is 12.3 Å². The quantitative estimate of drug-likeness (QED) is 0.261. The maximum absolute atomic E-state index is 5.02. The number of rotatable bonds is 5. The number of ether oxygens (including phenoxy) is 1. The first-order valence-electron chi connectivity index (χ1n) is 3.39. The van der Waals surface area contributed by atoms with Gasteiger partial charge in [-0.05, 0) is 20.8 Å². The number of hydrogen-bond acceptors (Lipinski definition) is 3. The van der Waals surface area contributed by atoms with Crippen molar-refractivity contribution in [1.29, 1.82) is 0 Å². The average Bonchev–Trinajstić information content (AvgIpc) is 1.79. The normalized spacial score (nSPS) is 10.0. The zero-order valence-electron chi connectivity index (χ0n) is 6.90. The summed E-state index contributed by atoms with van der Waals surface area (Å²) in [5, 5.41) is 0. The monoisotopic (exact) mass is 144 g/mol. The highest BCUT2D eigenvalue weighted by Crippen LogP contribution is 1.85. The molecule has 0 fully saturated rings. The summed E-state index contributed by atoms with van der Waals surface area (Å²) in [6.45, 7) is 9.96. The molecule has 0 amide bonds. The van der Waals surface area contributed by atoms with E-state index in [9.17, 15) is 0 Å². The molecule has 0 aliphatic heterocycles. The van der Waals surface area contributed by atoms with E-state index in [1.165, 1.54) is 0 Å². The summed E-state index contributed by atoms with van der Waals surface area (Å²) in [6.07, 6.45) is 0. The Morgan fingerprint density at radius 3 is 2.60 bits per heavy atom. The zero-order valence-corrected chi connectivity index (χ0v) is 6.90. The van der Waals surface area contributed by atoms with E-state index in [0.717, 1.165) is 5.76 Å². The molecule has 0 aromatic carbocycles. The van der Waals surface area contributed by atoms with Crippen LogP contribution in [0.4, 0.5) is 0 Å². The SMILES string of the molecule is C=C(C)OCNNC(C)C. The standard InChI is InChI=1S/C7H16N2O/c1-6(2)9-8-5-10-7(3)4/h6,8-9H,3,5H2,1-2,4H3. The molecule has 0 aliphatic carbocycles. The smallest absolute Gasteiger partial charge is 0.151 e. The molecule has 0 heterocycles. The predicted octanol–water partition coefficient (Wildman–Crippen LogP) is 0.997. The Labute approximate surface area is 62.4 Å². The highest BCUT2D eigenvalue weighted by Gasteiger charge is 1.88. The lowest BCUT2D eigenvalue weighted by molar-refractivity contribution is 0.172. The summed E-state index contributed by atoms with van der Waals surface area (Å²) in [6, 6.07) is 0.425. The van der Waals surface area contributed by atoms with Crippen LogP contribution in [0, 0.1) is 0 Å². The fraction of sp³-hybridized carbons (Fsp3) is 0.714. The van der Waals surface area contributed by atoms with E-state index in [1.54, 1.807) is 0 Å². The Morgan fingerprint density at radius 2 is 2.20 bits per heavy atom. The summed E-state index contributed by atoms with van der Waals surface area (Å²) < 4.78 is 5.02. The van der Waals surface area contributed by atoms with Crippen molar-refractivity contribution in [3.05, 3.63) is 12.3 Å². The van der Waals surface area contributed by atoms with E-state index < -0.39 is 0 Å². The Kier molecular flexibility index (Phi) is 4.98. The fourth-order valence-corrected chi connectivity index (χ4v) is 0.405. The zero-order chi connectivity index (χ0) is 7.98. The van der Waals surface area contributed by atoms with Crippen molar-refractivity contribution in [3.63, 3.8) is 0 Å². The molecule has 0 saturated carbocycles. The van der Waals surface area contributed by atoms with Crippen LogP contribution in [0.2, 0.25) is 0 Å². The lowest BCUT2D eigenvalue weighted by Crippen LogP contribution is -2.38. The first kappa shape index (κ1) is 9.46. The van der Waals surface area contributed by atoms with Gasteiger partial charge < -0.3 is 4.74 Å². The summed E-state index contributed by atoms with van der Waals surface area (Å²) in [4.78, 5) is 0. The fourth-order valence-electron chi connectivity index (χ4n) is 0.405. The molecule has 0 spiro atoms. The van der Waals surface area contributed by atoms with Crippen LogP contribution < -0.4 is 10.9 Å². The summed E-state index contributed by atoms with van der Waals surface area (Å²) in [5.74, 6) is 0.720. The van der Waals surface area contributed by atoms with Gasteiger partial charge in [0.1, 0.15) is 0 Å². The molecule has 0 radical (unpaired) electrons. The molecule has 0 aromatic heterocycles. The Morgan fingerprint density at radius 1 is 1.60 bits per heavy atom. The minimum absolute atomic E-state index is 0.425. The maximum atomic E-state index is 5.02. The van der Waals surface area contributed by atoms with Crippen LogP contribution >= 0.6 is 0 Å². The van der Waals surface area contributed by atoms with Crippen LogP contribution in [-0.2, 0) is 4.74 Å². The van der Waals surface area contributed by atoms with Gasteiger partial charge in [0.15, 0.2) is 6.73 Å². The third-order valence-corrected chi connectivity index (χ3v) is 0.781. The minimum Gasteiger partial charge on any atom is -0.482 e. The van der Waals surface area contributed by atoms with Crippen molar-refractivity contribution in [2.75, 3.05) is 6.73 Å². The number of nitrogens with one attached hydrogen (secondary N) is 2. The molecule has 0 unspecified atom stereocenters. The van der Waals surface area contributed by atoms with Gasteiger partial charge >= 0.3 is 0 Å².